The minimum absolute atomic E-state index is 0.0371. The molecule has 1 rings (SSSR count). The van der Waals surface area contributed by atoms with Crippen molar-refractivity contribution in [1.29, 1.82) is 0 Å². The monoisotopic (exact) mass is 281 g/mol. The first-order valence-electron chi connectivity index (χ1n) is 6.73. The van der Waals surface area contributed by atoms with Crippen molar-refractivity contribution >= 4 is 17.5 Å². The molecule has 0 aliphatic heterocycles. The predicted molar refractivity (Wildman–Crippen MR) is 82.0 cm³/mol. The van der Waals surface area contributed by atoms with Gasteiger partial charge >= 0.3 is 0 Å². The molecule has 1 amide bonds. The number of nitrogens with one attached hydrogen (secondary N) is 1. The summed E-state index contributed by atoms with van der Waals surface area (Å²) < 4.78 is 0. The summed E-state index contributed by atoms with van der Waals surface area (Å²) in [4.78, 5) is 12.1. The summed E-state index contributed by atoms with van der Waals surface area (Å²) >= 11 is 5.80. The van der Waals surface area contributed by atoms with Crippen molar-refractivity contribution in [2.24, 2.45) is 5.92 Å². The molecule has 0 saturated heterocycles. The molecule has 0 saturated carbocycles. The van der Waals surface area contributed by atoms with E-state index >= 15 is 0 Å². The Bertz CT molecular complexity index is 419. The van der Waals surface area contributed by atoms with E-state index in [4.69, 9.17) is 11.6 Å². The van der Waals surface area contributed by atoms with Crippen LogP contribution in [0.15, 0.2) is 24.3 Å². The van der Waals surface area contributed by atoms with Crippen molar-refractivity contribution in [1.82, 2.24) is 5.32 Å². The first kappa shape index (κ1) is 16.0. The molecule has 1 aromatic carbocycles. The highest BCUT2D eigenvalue weighted by Crippen LogP contribution is 2.22. The van der Waals surface area contributed by atoms with Crippen molar-refractivity contribution in [3.05, 3.63) is 35.4 Å². The molecule has 106 valence electrons. The molecular formula is C16H24ClNO. The third kappa shape index (κ3) is 4.54. The summed E-state index contributed by atoms with van der Waals surface area (Å²) in [5, 5.41) is 2.98. The lowest BCUT2D eigenvalue weighted by Crippen LogP contribution is -2.37. The largest absolute Gasteiger partial charge is 0.349 e. The quantitative estimate of drug-likeness (QED) is 0.831. The van der Waals surface area contributed by atoms with E-state index in [1.165, 1.54) is 5.56 Å². The van der Waals surface area contributed by atoms with E-state index in [9.17, 15) is 4.79 Å². The van der Waals surface area contributed by atoms with E-state index < -0.39 is 0 Å². The highest BCUT2D eigenvalue weighted by molar-refractivity contribution is 6.18. The van der Waals surface area contributed by atoms with Gasteiger partial charge in [0.05, 0.1) is 0 Å². The highest BCUT2D eigenvalue weighted by Gasteiger charge is 2.17. The van der Waals surface area contributed by atoms with Gasteiger partial charge in [0.15, 0.2) is 0 Å². The van der Waals surface area contributed by atoms with Gasteiger partial charge in [0, 0.05) is 17.5 Å². The van der Waals surface area contributed by atoms with Crippen molar-refractivity contribution in [2.45, 2.75) is 46.1 Å². The lowest BCUT2D eigenvalue weighted by Gasteiger charge is -2.21. The molecule has 3 heteroatoms. The zero-order valence-electron chi connectivity index (χ0n) is 12.5. The van der Waals surface area contributed by atoms with Gasteiger partial charge < -0.3 is 5.32 Å². The molecule has 0 aromatic heterocycles. The number of amides is 1. The molecule has 2 nitrogen and oxygen atoms in total. The topological polar surface area (TPSA) is 29.1 Å². The molecule has 0 radical (unpaired) electrons. The van der Waals surface area contributed by atoms with Crippen LogP contribution in [0.3, 0.4) is 0 Å². The molecule has 0 bridgehead atoms. The van der Waals surface area contributed by atoms with E-state index in [2.05, 4.69) is 26.1 Å². The smallest absolute Gasteiger partial charge is 0.251 e. The van der Waals surface area contributed by atoms with Crippen LogP contribution in [0.25, 0.3) is 0 Å². The van der Waals surface area contributed by atoms with Crippen molar-refractivity contribution < 1.29 is 4.79 Å². The van der Waals surface area contributed by atoms with Crippen LogP contribution < -0.4 is 5.32 Å². The molecule has 0 aliphatic carbocycles. The lowest BCUT2D eigenvalue weighted by atomic mass is 9.86. The van der Waals surface area contributed by atoms with Crippen LogP contribution in [-0.2, 0) is 5.41 Å². The fraction of sp³-hybridized carbons (Fsp3) is 0.562. The number of benzene rings is 1. The number of carbonyl (C=O) groups excluding carboxylic acids is 1. The van der Waals surface area contributed by atoms with Crippen LogP contribution in [0.5, 0.6) is 0 Å². The zero-order valence-corrected chi connectivity index (χ0v) is 13.2. The van der Waals surface area contributed by atoms with Gasteiger partial charge in [-0.25, -0.2) is 0 Å². The normalized spacial score (nSPS) is 14.8. The van der Waals surface area contributed by atoms with Gasteiger partial charge in [0.1, 0.15) is 0 Å². The number of alkyl halides is 1. The maximum atomic E-state index is 12.1. The van der Waals surface area contributed by atoms with E-state index in [1.807, 2.05) is 38.1 Å². The average molecular weight is 282 g/mol. The molecule has 19 heavy (non-hydrogen) atoms. The van der Waals surface area contributed by atoms with E-state index in [0.717, 1.165) is 0 Å². The molecule has 1 N–H and O–H groups in total. The van der Waals surface area contributed by atoms with Gasteiger partial charge in [0.2, 0.25) is 0 Å². The number of halogens is 1. The highest BCUT2D eigenvalue weighted by atomic mass is 35.5. The maximum Gasteiger partial charge on any atom is 0.251 e. The van der Waals surface area contributed by atoms with Gasteiger partial charge in [-0.15, -0.1) is 11.6 Å². The Hall–Kier alpha value is -1.02. The van der Waals surface area contributed by atoms with E-state index in [0.29, 0.717) is 11.4 Å². The average Bonchev–Trinajstić information content (AvgIpc) is 2.36. The Balaban J connectivity index is 2.74. The van der Waals surface area contributed by atoms with Gasteiger partial charge in [-0.3, -0.25) is 4.79 Å². The molecule has 0 spiro atoms. The number of rotatable bonds is 4. The lowest BCUT2D eigenvalue weighted by molar-refractivity contribution is 0.0931. The van der Waals surface area contributed by atoms with Crippen LogP contribution in [0.4, 0.5) is 0 Å². The molecule has 0 heterocycles. The second kappa shape index (κ2) is 6.42. The molecule has 1 aromatic rings. The second-order valence-corrected chi connectivity index (χ2v) is 6.53. The molecule has 0 fully saturated rings. The number of hydrogen-bond acceptors (Lipinski definition) is 1. The van der Waals surface area contributed by atoms with Crippen LogP contribution in [-0.4, -0.2) is 17.8 Å². The summed E-state index contributed by atoms with van der Waals surface area (Å²) in [6, 6.07) is 7.88. The van der Waals surface area contributed by atoms with Crippen LogP contribution in [0.1, 0.15) is 50.5 Å². The summed E-state index contributed by atoms with van der Waals surface area (Å²) in [7, 11) is 0. The maximum absolute atomic E-state index is 12.1. The minimum atomic E-state index is -0.0371. The molecule has 0 aliphatic rings. The second-order valence-electron chi connectivity index (χ2n) is 6.22. The fourth-order valence-corrected chi connectivity index (χ4v) is 1.95. The van der Waals surface area contributed by atoms with Crippen LogP contribution >= 0.6 is 11.6 Å². The Morgan fingerprint density at radius 2 is 1.74 bits per heavy atom. The zero-order chi connectivity index (χ0) is 14.6. The first-order valence-corrected chi connectivity index (χ1v) is 7.26. The fourth-order valence-electron chi connectivity index (χ4n) is 1.69. The van der Waals surface area contributed by atoms with Gasteiger partial charge in [-0.1, -0.05) is 39.8 Å². The third-order valence-corrected chi connectivity index (χ3v) is 3.96. The van der Waals surface area contributed by atoms with Crippen molar-refractivity contribution in [3.8, 4) is 0 Å². The summed E-state index contributed by atoms with van der Waals surface area (Å²) in [6.07, 6.45) is 0. The Labute approximate surface area is 121 Å². The third-order valence-electron chi connectivity index (χ3n) is 3.47. The summed E-state index contributed by atoms with van der Waals surface area (Å²) in [6.45, 7) is 10.5. The standard InChI is InChI=1S/C16H24ClNO/c1-11(10-17)12(2)18-15(19)13-6-8-14(9-7-13)16(3,4)5/h6-9,11-12H,10H2,1-5H3,(H,18,19). The first-order chi connectivity index (χ1) is 8.75. The van der Waals surface area contributed by atoms with E-state index in [1.54, 1.807) is 0 Å². The SMILES string of the molecule is CC(CCl)C(C)NC(=O)c1ccc(C(C)(C)C)cc1. The minimum Gasteiger partial charge on any atom is -0.349 e. The van der Waals surface area contributed by atoms with Gasteiger partial charge in [-0.2, -0.15) is 0 Å². The van der Waals surface area contributed by atoms with Crippen LogP contribution in [0, 0.1) is 5.92 Å². The van der Waals surface area contributed by atoms with Gasteiger partial charge in [-0.05, 0) is 36.0 Å². The van der Waals surface area contributed by atoms with Crippen LogP contribution in [0.2, 0.25) is 0 Å². The van der Waals surface area contributed by atoms with Gasteiger partial charge in [0.25, 0.3) is 5.91 Å². The van der Waals surface area contributed by atoms with E-state index in [-0.39, 0.29) is 23.3 Å². The Kier molecular flexibility index (Phi) is 5.42. The van der Waals surface area contributed by atoms with Crippen molar-refractivity contribution in [2.75, 3.05) is 5.88 Å². The molecular weight excluding hydrogens is 258 g/mol. The summed E-state index contributed by atoms with van der Waals surface area (Å²) in [5.74, 6) is 0.772. The summed E-state index contributed by atoms with van der Waals surface area (Å²) in [5.41, 5.74) is 2.03. The number of carbonyl (C=O) groups is 1. The molecule has 2 atom stereocenters. The van der Waals surface area contributed by atoms with Crippen molar-refractivity contribution in [3.63, 3.8) is 0 Å². The Morgan fingerprint density at radius 3 is 2.16 bits per heavy atom. The Morgan fingerprint density at radius 1 is 1.21 bits per heavy atom. The number of hydrogen-bond donors (Lipinski definition) is 1. The molecule has 2 unspecified atom stereocenters. The predicted octanol–water partition coefficient (Wildman–Crippen LogP) is 3.98.